The van der Waals surface area contributed by atoms with Crippen LogP contribution in [0.2, 0.25) is 0 Å². The smallest absolute Gasteiger partial charge is 0.00141 e. The molecule has 0 saturated carbocycles. The second-order valence-electron chi connectivity index (χ2n) is 1.22. The Balaban J connectivity index is 0. The van der Waals surface area contributed by atoms with Crippen molar-refractivity contribution in [1.29, 1.82) is 0 Å². The third-order valence-corrected chi connectivity index (χ3v) is 1.46. The first kappa shape index (κ1) is 11.2. The molecule has 1 rings (SSSR count). The van der Waals surface area contributed by atoms with Gasteiger partial charge >= 0.3 is 0 Å². The van der Waals surface area contributed by atoms with Crippen LogP contribution in [0.1, 0.15) is 4.88 Å². The Morgan fingerprint density at radius 1 is 1.50 bits per heavy atom. The van der Waals surface area contributed by atoms with Crippen LogP contribution < -0.4 is 6.15 Å². The fourth-order valence-corrected chi connectivity index (χ4v) is 0.890. The van der Waals surface area contributed by atoms with Crippen LogP contribution in [0.4, 0.5) is 0 Å². The van der Waals surface area contributed by atoms with Crippen LogP contribution in [0.15, 0.2) is 17.5 Å². The van der Waals surface area contributed by atoms with Crippen LogP contribution in [0, 0.1) is 6.92 Å². The highest BCUT2D eigenvalue weighted by Crippen LogP contribution is 2.03. The van der Waals surface area contributed by atoms with Crippen LogP contribution in [0.3, 0.4) is 0 Å². The molecule has 0 aliphatic rings. The molecule has 0 atom stereocenters. The van der Waals surface area contributed by atoms with Gasteiger partial charge in [0.05, 0.1) is 0 Å². The maximum Gasteiger partial charge on any atom is 0.00141 e. The minimum atomic E-state index is 0. The summed E-state index contributed by atoms with van der Waals surface area (Å²) in [6.45, 7) is 2.10. The summed E-state index contributed by atoms with van der Waals surface area (Å²) in [5.41, 5.74) is 0. The van der Waals surface area contributed by atoms with Gasteiger partial charge in [-0.2, -0.15) is 0 Å². The molecule has 1 aromatic rings. The molecule has 1 aromatic heterocycles. The highest BCUT2D eigenvalue weighted by Gasteiger charge is 1.74. The fourth-order valence-electron chi connectivity index (χ4n) is 0.361. The van der Waals surface area contributed by atoms with Crippen molar-refractivity contribution in [3.05, 3.63) is 22.4 Å². The number of halogens is 1. The molecule has 0 aliphatic carbocycles. The Bertz CT molecular complexity index is 116. The lowest BCUT2D eigenvalue weighted by Crippen LogP contribution is -1.42. The van der Waals surface area contributed by atoms with Crippen LogP contribution in [-0.2, 0) is 0 Å². The molecular formula is C5H10INS. The van der Waals surface area contributed by atoms with Crippen molar-refractivity contribution in [3.8, 4) is 0 Å². The third kappa shape index (κ3) is 3.40. The summed E-state index contributed by atoms with van der Waals surface area (Å²) in [7, 11) is 0. The summed E-state index contributed by atoms with van der Waals surface area (Å²) >= 11 is 1.78. The summed E-state index contributed by atoms with van der Waals surface area (Å²) < 4.78 is 0. The lowest BCUT2D eigenvalue weighted by molar-refractivity contribution is 1.64. The largest absolute Gasteiger partial charge is 0.344 e. The number of hydrogen-bond acceptors (Lipinski definition) is 2. The van der Waals surface area contributed by atoms with E-state index < -0.39 is 0 Å². The van der Waals surface area contributed by atoms with E-state index >= 15 is 0 Å². The summed E-state index contributed by atoms with van der Waals surface area (Å²) in [5.74, 6) is 0. The van der Waals surface area contributed by atoms with Gasteiger partial charge in [-0.25, -0.2) is 0 Å². The normalized spacial score (nSPS) is 6.62. The molecule has 1 nitrogen and oxygen atoms in total. The zero-order valence-electron chi connectivity index (χ0n) is 4.76. The van der Waals surface area contributed by atoms with E-state index in [9.17, 15) is 0 Å². The quantitative estimate of drug-likeness (QED) is 0.698. The topological polar surface area (TPSA) is 35.0 Å². The molecule has 1 heterocycles. The predicted molar refractivity (Wildman–Crippen MR) is 49.5 cm³/mol. The zero-order chi connectivity index (χ0) is 4.41. The molecule has 0 fully saturated rings. The molecule has 0 saturated heterocycles. The molecule has 3 N–H and O–H groups in total. The number of rotatable bonds is 0. The lowest BCUT2D eigenvalue weighted by atomic mass is 10.5. The van der Waals surface area contributed by atoms with E-state index in [-0.39, 0.29) is 30.1 Å². The van der Waals surface area contributed by atoms with E-state index in [2.05, 4.69) is 24.4 Å². The Hall–Kier alpha value is 0.390. The maximum absolute atomic E-state index is 2.10. The van der Waals surface area contributed by atoms with Gasteiger partial charge in [-0.1, -0.05) is 6.07 Å². The van der Waals surface area contributed by atoms with Crippen molar-refractivity contribution in [2.24, 2.45) is 0 Å². The van der Waals surface area contributed by atoms with E-state index in [0.29, 0.717) is 0 Å². The summed E-state index contributed by atoms with van der Waals surface area (Å²) in [5, 5.41) is 2.08. The number of hydrogen-bond donors (Lipinski definition) is 1. The van der Waals surface area contributed by atoms with Gasteiger partial charge in [0.15, 0.2) is 0 Å². The van der Waals surface area contributed by atoms with Crippen molar-refractivity contribution in [2.75, 3.05) is 0 Å². The number of thiophene rings is 1. The molecule has 0 spiro atoms. The zero-order valence-corrected chi connectivity index (χ0v) is 7.90. The van der Waals surface area contributed by atoms with Gasteiger partial charge in [0.2, 0.25) is 0 Å². The second-order valence-corrected chi connectivity index (χ2v) is 2.38. The highest BCUT2D eigenvalue weighted by atomic mass is 127. The molecule has 0 aliphatic heterocycles. The van der Waals surface area contributed by atoms with E-state index in [0.717, 1.165) is 0 Å². The number of aryl methyl sites for hydroxylation is 1. The predicted octanol–water partition coefficient (Wildman–Crippen LogP) is 2.84. The molecule has 0 bridgehead atoms. The Morgan fingerprint density at radius 2 is 2.12 bits per heavy atom. The highest BCUT2D eigenvalue weighted by molar-refractivity contribution is 14.0. The molecular weight excluding hydrogens is 233 g/mol. The lowest BCUT2D eigenvalue weighted by Gasteiger charge is -1.65. The monoisotopic (exact) mass is 243 g/mol. The first-order chi connectivity index (χ1) is 2.89. The van der Waals surface area contributed by atoms with Crippen LogP contribution in [0.25, 0.3) is 0 Å². The van der Waals surface area contributed by atoms with E-state index in [1.54, 1.807) is 11.3 Å². The second kappa shape index (κ2) is 5.53. The van der Waals surface area contributed by atoms with Crippen LogP contribution in [0.5, 0.6) is 0 Å². The Kier molecular flexibility index (Phi) is 7.75. The van der Waals surface area contributed by atoms with E-state index in [1.807, 2.05) is 0 Å². The van der Waals surface area contributed by atoms with Gasteiger partial charge in [0.1, 0.15) is 0 Å². The van der Waals surface area contributed by atoms with Gasteiger partial charge in [-0.3, -0.25) is 0 Å². The van der Waals surface area contributed by atoms with E-state index in [4.69, 9.17) is 0 Å². The van der Waals surface area contributed by atoms with Gasteiger partial charge in [0.25, 0.3) is 0 Å². The van der Waals surface area contributed by atoms with Crippen molar-refractivity contribution in [3.63, 3.8) is 0 Å². The average Bonchev–Trinajstić information content (AvgIpc) is 1.86. The van der Waals surface area contributed by atoms with Crippen molar-refractivity contribution >= 4 is 35.3 Å². The molecule has 8 heavy (non-hydrogen) atoms. The van der Waals surface area contributed by atoms with Gasteiger partial charge in [-0.05, 0) is 18.4 Å². The minimum Gasteiger partial charge on any atom is -0.344 e. The molecule has 0 unspecified atom stereocenters. The molecule has 3 heteroatoms. The van der Waals surface area contributed by atoms with Crippen molar-refractivity contribution < 1.29 is 0 Å². The summed E-state index contributed by atoms with van der Waals surface area (Å²) in [6, 6.07) is 4.16. The van der Waals surface area contributed by atoms with Crippen LogP contribution >= 0.6 is 35.3 Å². The molecule has 0 amide bonds. The first-order valence-corrected chi connectivity index (χ1v) is 2.77. The van der Waals surface area contributed by atoms with Gasteiger partial charge in [-0.15, -0.1) is 35.3 Å². The third-order valence-electron chi connectivity index (χ3n) is 0.663. The molecule has 0 radical (unpaired) electrons. The first-order valence-electron chi connectivity index (χ1n) is 1.90. The molecule has 48 valence electrons. The van der Waals surface area contributed by atoms with Gasteiger partial charge < -0.3 is 6.15 Å². The summed E-state index contributed by atoms with van der Waals surface area (Å²) in [4.78, 5) is 1.38. The van der Waals surface area contributed by atoms with Crippen molar-refractivity contribution in [2.45, 2.75) is 6.92 Å². The summed E-state index contributed by atoms with van der Waals surface area (Å²) in [6.07, 6.45) is 0. The SMILES string of the molecule is Cc1cccs1.I.N. The average molecular weight is 243 g/mol. The fraction of sp³-hybridized carbons (Fsp3) is 0.200. The van der Waals surface area contributed by atoms with Gasteiger partial charge in [0, 0.05) is 4.88 Å². The van der Waals surface area contributed by atoms with E-state index in [1.165, 1.54) is 4.88 Å². The Labute approximate surface area is 70.7 Å². The minimum absolute atomic E-state index is 0. The van der Waals surface area contributed by atoms with Crippen LogP contribution in [-0.4, -0.2) is 0 Å². The molecule has 0 aromatic carbocycles. The van der Waals surface area contributed by atoms with Crippen molar-refractivity contribution in [1.82, 2.24) is 6.15 Å². The maximum atomic E-state index is 2.10. The standard InChI is InChI=1S/C5H6S.HI.H3N/c1-5-3-2-4-6-5;;/h2-4H,1H3;1H;1H3. The Morgan fingerprint density at radius 3 is 2.25 bits per heavy atom.